The van der Waals surface area contributed by atoms with Gasteiger partial charge in [-0.2, -0.15) is 10.4 Å². The highest BCUT2D eigenvalue weighted by Gasteiger charge is 2.32. The summed E-state index contributed by atoms with van der Waals surface area (Å²) in [6.45, 7) is 0.812. The van der Waals surface area contributed by atoms with E-state index < -0.39 is 12.4 Å². The summed E-state index contributed by atoms with van der Waals surface area (Å²) in [4.78, 5) is 27.5. The standard InChI is InChI=1S/C30H24Cl2N4O4/c31-21-10-8-20(9-11-21)29-24(17-27(37)38)28(34-36(29)26-7-2-1-6-25(26)32)30(39)35-14-12-22(13-15-35)40-23-5-3-4-19(16-23)18-33/h1-11,16,22H,12-15,17H2,(H,37,38). The van der Waals surface area contributed by atoms with E-state index in [9.17, 15) is 14.7 Å². The molecule has 3 aromatic carbocycles. The summed E-state index contributed by atoms with van der Waals surface area (Å²) in [6, 6.07) is 23.0. The molecule has 0 spiro atoms. The second kappa shape index (κ2) is 11.8. The first-order chi connectivity index (χ1) is 19.3. The maximum Gasteiger partial charge on any atom is 0.307 e. The lowest BCUT2D eigenvalue weighted by molar-refractivity contribution is -0.136. The number of halogens is 2. The van der Waals surface area contributed by atoms with Gasteiger partial charge in [-0.3, -0.25) is 9.59 Å². The van der Waals surface area contributed by atoms with Gasteiger partial charge < -0.3 is 14.7 Å². The predicted octanol–water partition coefficient (Wildman–Crippen LogP) is 6.03. The van der Waals surface area contributed by atoms with Crippen LogP contribution in [0.2, 0.25) is 10.0 Å². The quantitative estimate of drug-likeness (QED) is 0.288. The molecule has 0 aliphatic carbocycles. The van der Waals surface area contributed by atoms with E-state index in [2.05, 4.69) is 11.2 Å². The first kappa shape index (κ1) is 27.3. The van der Waals surface area contributed by atoms with E-state index in [1.165, 1.54) is 4.68 Å². The Balaban J connectivity index is 1.47. The van der Waals surface area contributed by atoms with Crippen molar-refractivity contribution < 1.29 is 19.4 Å². The van der Waals surface area contributed by atoms with Crippen LogP contribution in [0.25, 0.3) is 16.9 Å². The summed E-state index contributed by atoms with van der Waals surface area (Å²) in [6.07, 6.45) is 0.623. The van der Waals surface area contributed by atoms with Crippen LogP contribution in [-0.2, 0) is 11.2 Å². The van der Waals surface area contributed by atoms with Crippen LogP contribution in [0.15, 0.2) is 72.8 Å². The topological polar surface area (TPSA) is 108 Å². The number of aliphatic carboxylic acids is 1. The fraction of sp³-hybridized carbons (Fsp3) is 0.200. The Morgan fingerprint density at radius 3 is 2.42 bits per heavy atom. The number of carboxylic acids is 1. The minimum absolute atomic E-state index is 0.0633. The van der Waals surface area contributed by atoms with E-state index in [4.69, 9.17) is 33.2 Å². The number of likely N-dealkylation sites (tertiary alicyclic amines) is 1. The van der Waals surface area contributed by atoms with Gasteiger partial charge in [0.25, 0.3) is 5.91 Å². The molecule has 2 heterocycles. The average Bonchev–Trinajstić information content (AvgIpc) is 3.32. The number of ether oxygens (including phenoxy) is 1. The molecule has 0 atom stereocenters. The molecule has 4 aromatic rings. The van der Waals surface area contributed by atoms with Crippen molar-refractivity contribution in [3.63, 3.8) is 0 Å². The molecule has 0 radical (unpaired) electrons. The molecule has 8 nitrogen and oxygen atoms in total. The summed E-state index contributed by atoms with van der Waals surface area (Å²) < 4.78 is 7.59. The Bertz CT molecular complexity index is 1600. The van der Waals surface area contributed by atoms with Gasteiger partial charge in [-0.1, -0.05) is 53.5 Å². The number of rotatable bonds is 7. The second-order valence-electron chi connectivity index (χ2n) is 9.37. The minimum atomic E-state index is -1.09. The third kappa shape index (κ3) is 5.81. The molecule has 1 aliphatic heterocycles. The molecular weight excluding hydrogens is 551 g/mol. The number of amides is 1. The Kier molecular flexibility index (Phi) is 8.06. The van der Waals surface area contributed by atoms with Gasteiger partial charge in [0.15, 0.2) is 5.69 Å². The molecule has 0 saturated carbocycles. The number of piperidine rings is 1. The van der Waals surface area contributed by atoms with E-state index in [0.717, 1.165) is 0 Å². The number of nitrogens with zero attached hydrogens (tertiary/aromatic N) is 4. The summed E-state index contributed by atoms with van der Waals surface area (Å²) in [5.41, 5.74) is 2.51. The van der Waals surface area contributed by atoms with Crippen LogP contribution >= 0.6 is 23.2 Å². The van der Waals surface area contributed by atoms with E-state index in [0.29, 0.717) is 69.8 Å². The zero-order valence-corrected chi connectivity index (χ0v) is 22.8. The lowest BCUT2D eigenvalue weighted by atomic mass is 10.0. The van der Waals surface area contributed by atoms with Crippen LogP contribution < -0.4 is 4.74 Å². The number of benzene rings is 3. The zero-order chi connectivity index (χ0) is 28.2. The van der Waals surface area contributed by atoms with Gasteiger partial charge in [0.05, 0.1) is 34.5 Å². The summed E-state index contributed by atoms with van der Waals surface area (Å²) in [5.74, 6) is -0.837. The van der Waals surface area contributed by atoms with Crippen molar-refractivity contribution in [1.29, 1.82) is 5.26 Å². The van der Waals surface area contributed by atoms with Gasteiger partial charge in [-0.15, -0.1) is 0 Å². The molecule has 0 unspecified atom stereocenters. The summed E-state index contributed by atoms with van der Waals surface area (Å²) in [5, 5.41) is 24.5. The number of hydrogen-bond donors (Lipinski definition) is 1. The van der Waals surface area contributed by atoms with Crippen molar-refractivity contribution in [3.8, 4) is 28.8 Å². The Morgan fingerprint density at radius 1 is 1.02 bits per heavy atom. The van der Waals surface area contributed by atoms with Gasteiger partial charge in [0.1, 0.15) is 11.9 Å². The van der Waals surface area contributed by atoms with Crippen molar-refractivity contribution in [2.24, 2.45) is 0 Å². The maximum absolute atomic E-state index is 13.8. The van der Waals surface area contributed by atoms with Crippen LogP contribution in [0.4, 0.5) is 0 Å². The highest BCUT2D eigenvalue weighted by molar-refractivity contribution is 6.32. The van der Waals surface area contributed by atoms with Crippen LogP contribution in [-0.4, -0.2) is 50.9 Å². The van der Waals surface area contributed by atoms with Gasteiger partial charge in [0.2, 0.25) is 0 Å². The Labute approximate surface area is 240 Å². The molecule has 1 fully saturated rings. The molecule has 0 bridgehead atoms. The van der Waals surface area contributed by atoms with Crippen LogP contribution in [0.1, 0.15) is 34.5 Å². The van der Waals surface area contributed by atoms with Gasteiger partial charge in [-0.25, -0.2) is 4.68 Å². The van der Waals surface area contributed by atoms with E-state index >= 15 is 0 Å². The molecule has 1 N–H and O–H groups in total. The highest BCUT2D eigenvalue weighted by atomic mass is 35.5. The zero-order valence-electron chi connectivity index (χ0n) is 21.3. The smallest absolute Gasteiger partial charge is 0.307 e. The number of carboxylic acid groups (broad SMARTS) is 1. The van der Waals surface area contributed by atoms with Gasteiger partial charge in [0, 0.05) is 42.1 Å². The summed E-state index contributed by atoms with van der Waals surface area (Å²) in [7, 11) is 0. The van der Waals surface area contributed by atoms with E-state index in [1.807, 2.05) is 0 Å². The molecule has 1 amide bonds. The highest BCUT2D eigenvalue weighted by Crippen LogP contribution is 2.34. The molecule has 202 valence electrons. The Morgan fingerprint density at radius 2 is 1.75 bits per heavy atom. The number of carbonyl (C=O) groups is 2. The molecule has 1 aliphatic rings. The fourth-order valence-corrected chi connectivity index (χ4v) is 5.14. The molecule has 40 heavy (non-hydrogen) atoms. The van der Waals surface area contributed by atoms with Crippen molar-refractivity contribution in [1.82, 2.24) is 14.7 Å². The van der Waals surface area contributed by atoms with E-state index in [-0.39, 0.29) is 17.7 Å². The van der Waals surface area contributed by atoms with Crippen molar-refractivity contribution in [3.05, 3.63) is 99.7 Å². The monoisotopic (exact) mass is 574 g/mol. The van der Waals surface area contributed by atoms with Crippen molar-refractivity contribution in [2.75, 3.05) is 13.1 Å². The molecule has 10 heteroatoms. The molecule has 5 rings (SSSR count). The van der Waals surface area contributed by atoms with Crippen LogP contribution in [0, 0.1) is 11.3 Å². The minimum Gasteiger partial charge on any atom is -0.490 e. The third-order valence-corrected chi connectivity index (χ3v) is 7.28. The van der Waals surface area contributed by atoms with E-state index in [1.54, 1.807) is 77.7 Å². The molecule has 1 aromatic heterocycles. The van der Waals surface area contributed by atoms with Crippen molar-refractivity contribution in [2.45, 2.75) is 25.4 Å². The van der Waals surface area contributed by atoms with Crippen molar-refractivity contribution >= 4 is 35.1 Å². The second-order valence-corrected chi connectivity index (χ2v) is 10.2. The lowest BCUT2D eigenvalue weighted by Crippen LogP contribution is -2.42. The summed E-state index contributed by atoms with van der Waals surface area (Å²) >= 11 is 12.6. The van der Waals surface area contributed by atoms with Crippen LogP contribution in [0.3, 0.4) is 0 Å². The first-order valence-corrected chi connectivity index (χ1v) is 13.4. The number of nitriles is 1. The number of carbonyl (C=O) groups excluding carboxylic acids is 1. The van der Waals surface area contributed by atoms with Gasteiger partial charge >= 0.3 is 5.97 Å². The lowest BCUT2D eigenvalue weighted by Gasteiger charge is -2.32. The third-order valence-electron chi connectivity index (χ3n) is 6.71. The normalized spacial score (nSPS) is 13.6. The maximum atomic E-state index is 13.8. The predicted molar refractivity (Wildman–Crippen MR) is 151 cm³/mol. The Hall–Kier alpha value is -4.32. The number of aromatic nitrogens is 2. The van der Waals surface area contributed by atoms with Crippen LogP contribution in [0.5, 0.6) is 5.75 Å². The number of hydrogen-bond acceptors (Lipinski definition) is 5. The largest absolute Gasteiger partial charge is 0.490 e. The fourth-order valence-electron chi connectivity index (χ4n) is 4.80. The SMILES string of the molecule is N#Cc1cccc(OC2CCN(C(=O)c3nn(-c4ccccc4Cl)c(-c4ccc(Cl)cc4)c3CC(=O)O)CC2)c1. The van der Waals surface area contributed by atoms with Gasteiger partial charge in [-0.05, 0) is 42.5 Å². The average molecular weight is 575 g/mol. The molecular formula is C30H24Cl2N4O4. The molecule has 1 saturated heterocycles. The first-order valence-electron chi connectivity index (χ1n) is 12.6. The number of para-hydroxylation sites is 1.